The van der Waals surface area contributed by atoms with E-state index in [0.29, 0.717) is 5.92 Å². The van der Waals surface area contributed by atoms with E-state index >= 15 is 0 Å². The van der Waals surface area contributed by atoms with Crippen molar-refractivity contribution in [2.24, 2.45) is 5.92 Å². The molecular formula is C13H16O2. The summed E-state index contributed by atoms with van der Waals surface area (Å²) in [4.78, 5) is 11.1. The van der Waals surface area contributed by atoms with E-state index in [1.165, 1.54) is 12.5 Å². The van der Waals surface area contributed by atoms with Gasteiger partial charge in [-0.05, 0) is 18.9 Å². The molecule has 2 nitrogen and oxygen atoms in total. The Labute approximate surface area is 90.3 Å². The van der Waals surface area contributed by atoms with Gasteiger partial charge in [-0.15, -0.1) is 0 Å². The van der Waals surface area contributed by atoms with Gasteiger partial charge in [-0.3, -0.25) is 4.79 Å². The number of fused-ring (bicyclic) bond motifs is 1. The van der Waals surface area contributed by atoms with Crippen molar-refractivity contribution in [2.75, 3.05) is 0 Å². The van der Waals surface area contributed by atoms with Crippen LogP contribution in [0.2, 0.25) is 0 Å². The van der Waals surface area contributed by atoms with E-state index in [2.05, 4.69) is 24.8 Å². The van der Waals surface area contributed by atoms with Gasteiger partial charge in [-0.2, -0.15) is 0 Å². The van der Waals surface area contributed by atoms with E-state index in [1.807, 2.05) is 0 Å². The fourth-order valence-electron chi connectivity index (χ4n) is 2.46. The van der Waals surface area contributed by atoms with Gasteiger partial charge < -0.3 is 4.74 Å². The van der Waals surface area contributed by atoms with Gasteiger partial charge in [0, 0.05) is 19.3 Å². The lowest BCUT2D eigenvalue weighted by atomic mass is 9.76. The first-order valence-corrected chi connectivity index (χ1v) is 5.36. The van der Waals surface area contributed by atoms with E-state index < -0.39 is 5.60 Å². The largest absolute Gasteiger partial charge is 0.455 e. The molecule has 0 aliphatic heterocycles. The zero-order valence-corrected chi connectivity index (χ0v) is 9.03. The quantitative estimate of drug-likeness (QED) is 0.510. The molecule has 2 atom stereocenters. The van der Waals surface area contributed by atoms with E-state index in [-0.39, 0.29) is 5.97 Å². The molecule has 0 saturated heterocycles. The first-order valence-electron chi connectivity index (χ1n) is 5.36. The molecule has 15 heavy (non-hydrogen) atoms. The highest BCUT2D eigenvalue weighted by atomic mass is 16.6. The summed E-state index contributed by atoms with van der Waals surface area (Å²) in [6, 6.07) is 0. The summed E-state index contributed by atoms with van der Waals surface area (Å²) in [7, 11) is 0. The molecule has 2 aliphatic rings. The standard InChI is InChI=1S/C13H16O2/c1-3-13(15-10(2)14)8-7-11-5-4-6-12(11)9-13/h3-6,12H,1,7-9H2,2H3. The van der Waals surface area contributed by atoms with Crippen molar-refractivity contribution in [3.63, 3.8) is 0 Å². The highest BCUT2D eigenvalue weighted by Gasteiger charge is 2.38. The Balaban J connectivity index is 2.15. The molecule has 0 aromatic heterocycles. The molecule has 0 heterocycles. The Morgan fingerprint density at radius 1 is 1.73 bits per heavy atom. The highest BCUT2D eigenvalue weighted by Crippen LogP contribution is 2.42. The van der Waals surface area contributed by atoms with Crippen molar-refractivity contribution < 1.29 is 9.53 Å². The number of carbonyl (C=O) groups is 1. The average Bonchev–Trinajstić information content (AvgIpc) is 2.63. The molecule has 2 heteroatoms. The number of rotatable bonds is 2. The summed E-state index contributed by atoms with van der Waals surface area (Å²) >= 11 is 0. The molecule has 0 amide bonds. The van der Waals surface area contributed by atoms with Crippen molar-refractivity contribution in [2.45, 2.75) is 31.8 Å². The molecule has 0 N–H and O–H groups in total. The van der Waals surface area contributed by atoms with Crippen molar-refractivity contribution >= 4 is 5.97 Å². The normalized spacial score (nSPS) is 33.1. The summed E-state index contributed by atoms with van der Waals surface area (Å²) in [6.07, 6.45) is 10.9. The van der Waals surface area contributed by atoms with Gasteiger partial charge in [-0.25, -0.2) is 0 Å². The van der Waals surface area contributed by atoms with Crippen LogP contribution in [-0.2, 0) is 9.53 Å². The van der Waals surface area contributed by atoms with Crippen LogP contribution in [-0.4, -0.2) is 11.6 Å². The molecule has 0 aromatic carbocycles. The molecule has 0 aromatic rings. The monoisotopic (exact) mass is 204 g/mol. The average molecular weight is 204 g/mol. The second-order valence-electron chi connectivity index (χ2n) is 4.30. The minimum Gasteiger partial charge on any atom is -0.455 e. The molecular weight excluding hydrogens is 188 g/mol. The number of ether oxygens (including phenoxy) is 1. The van der Waals surface area contributed by atoms with Crippen molar-refractivity contribution in [3.8, 4) is 0 Å². The SMILES string of the molecule is C=CC1(OC(C)=O)CCC2=CC=CC2C1. The van der Waals surface area contributed by atoms with Gasteiger partial charge in [0.1, 0.15) is 5.60 Å². The van der Waals surface area contributed by atoms with Gasteiger partial charge in [0.25, 0.3) is 0 Å². The van der Waals surface area contributed by atoms with E-state index in [1.54, 1.807) is 6.08 Å². The Morgan fingerprint density at radius 2 is 2.53 bits per heavy atom. The van der Waals surface area contributed by atoms with Crippen LogP contribution >= 0.6 is 0 Å². The Morgan fingerprint density at radius 3 is 3.20 bits per heavy atom. The first-order chi connectivity index (χ1) is 7.15. The number of esters is 1. The lowest BCUT2D eigenvalue weighted by Crippen LogP contribution is -2.37. The topological polar surface area (TPSA) is 26.3 Å². The molecule has 0 spiro atoms. The molecule has 1 saturated carbocycles. The maximum Gasteiger partial charge on any atom is 0.303 e. The summed E-state index contributed by atoms with van der Waals surface area (Å²) < 4.78 is 5.42. The second kappa shape index (κ2) is 3.69. The van der Waals surface area contributed by atoms with Gasteiger partial charge in [0.2, 0.25) is 0 Å². The van der Waals surface area contributed by atoms with Crippen molar-refractivity contribution in [1.82, 2.24) is 0 Å². The van der Waals surface area contributed by atoms with Crippen LogP contribution < -0.4 is 0 Å². The van der Waals surface area contributed by atoms with Crippen LogP contribution in [0.5, 0.6) is 0 Å². The maximum atomic E-state index is 11.1. The summed E-state index contributed by atoms with van der Waals surface area (Å²) in [5, 5.41) is 0. The second-order valence-corrected chi connectivity index (χ2v) is 4.30. The first kappa shape index (κ1) is 10.2. The van der Waals surface area contributed by atoms with Crippen LogP contribution in [0.1, 0.15) is 26.2 Å². The predicted octanol–water partition coefficient (Wildman–Crippen LogP) is 2.77. The number of hydrogen-bond donors (Lipinski definition) is 0. The van der Waals surface area contributed by atoms with Gasteiger partial charge >= 0.3 is 5.97 Å². The third kappa shape index (κ3) is 1.89. The van der Waals surface area contributed by atoms with Crippen LogP contribution in [0.25, 0.3) is 0 Å². The Hall–Kier alpha value is -1.31. The lowest BCUT2D eigenvalue weighted by Gasteiger charge is -2.37. The zero-order chi connectivity index (χ0) is 10.9. The summed E-state index contributed by atoms with van der Waals surface area (Å²) in [6.45, 7) is 5.26. The molecule has 2 rings (SSSR count). The predicted molar refractivity (Wildman–Crippen MR) is 59.3 cm³/mol. The van der Waals surface area contributed by atoms with Crippen LogP contribution in [0.4, 0.5) is 0 Å². The molecule has 0 bridgehead atoms. The van der Waals surface area contributed by atoms with Crippen LogP contribution in [0.3, 0.4) is 0 Å². The third-order valence-corrected chi connectivity index (χ3v) is 3.25. The van der Waals surface area contributed by atoms with Gasteiger partial charge in [0.15, 0.2) is 0 Å². The van der Waals surface area contributed by atoms with Gasteiger partial charge in [0.05, 0.1) is 0 Å². The van der Waals surface area contributed by atoms with Crippen molar-refractivity contribution in [1.29, 1.82) is 0 Å². The zero-order valence-electron chi connectivity index (χ0n) is 9.03. The van der Waals surface area contributed by atoms with Crippen LogP contribution in [0.15, 0.2) is 36.5 Å². The molecule has 1 fully saturated rings. The fourth-order valence-corrected chi connectivity index (χ4v) is 2.46. The molecule has 0 radical (unpaired) electrons. The Kier molecular flexibility index (Phi) is 2.51. The fraction of sp³-hybridized carbons (Fsp3) is 0.462. The van der Waals surface area contributed by atoms with Crippen LogP contribution in [0, 0.1) is 5.92 Å². The molecule has 2 aliphatic carbocycles. The maximum absolute atomic E-state index is 11.1. The van der Waals surface area contributed by atoms with Crippen molar-refractivity contribution in [3.05, 3.63) is 36.5 Å². The Bertz CT molecular complexity index is 352. The smallest absolute Gasteiger partial charge is 0.303 e. The third-order valence-electron chi connectivity index (χ3n) is 3.25. The number of allylic oxidation sites excluding steroid dienone is 4. The molecule has 2 unspecified atom stereocenters. The summed E-state index contributed by atoms with van der Waals surface area (Å²) in [5.41, 5.74) is 1.02. The van der Waals surface area contributed by atoms with Gasteiger partial charge in [-0.1, -0.05) is 30.4 Å². The van der Waals surface area contributed by atoms with E-state index in [0.717, 1.165) is 19.3 Å². The lowest BCUT2D eigenvalue weighted by molar-refractivity contribution is -0.154. The minimum absolute atomic E-state index is 0.218. The van der Waals surface area contributed by atoms with E-state index in [4.69, 9.17) is 4.74 Å². The van der Waals surface area contributed by atoms with E-state index in [9.17, 15) is 4.79 Å². The minimum atomic E-state index is -0.442. The number of hydrogen-bond acceptors (Lipinski definition) is 2. The highest BCUT2D eigenvalue weighted by molar-refractivity contribution is 5.67. The number of carbonyl (C=O) groups excluding carboxylic acids is 1. The summed E-state index contributed by atoms with van der Waals surface area (Å²) in [5.74, 6) is 0.223. The molecule has 80 valence electrons.